The Kier molecular flexibility index (Phi) is 4.85. The van der Waals surface area contributed by atoms with Gasteiger partial charge in [-0.3, -0.25) is 10.1 Å². The summed E-state index contributed by atoms with van der Waals surface area (Å²) in [7, 11) is 0. The SMILES string of the molecule is O=C(Nc1nncs1)c1ccccc1OCc1ccc(Cl)cc1. The van der Waals surface area contributed by atoms with Crippen LogP contribution in [0.3, 0.4) is 0 Å². The van der Waals surface area contributed by atoms with Crippen LogP contribution in [0.1, 0.15) is 15.9 Å². The largest absolute Gasteiger partial charge is 0.488 e. The standard InChI is InChI=1S/C16H12ClN3O2S/c17-12-7-5-11(6-8-12)9-22-14-4-2-1-3-13(14)15(21)19-16-20-18-10-23-16/h1-8,10H,9H2,(H,19,20,21). The lowest BCUT2D eigenvalue weighted by Gasteiger charge is -2.11. The van der Waals surface area contributed by atoms with E-state index in [1.54, 1.807) is 35.8 Å². The molecule has 0 atom stereocenters. The molecule has 3 aromatic rings. The number of ether oxygens (including phenoxy) is 1. The first-order valence-electron chi connectivity index (χ1n) is 6.76. The molecule has 0 unspecified atom stereocenters. The van der Waals surface area contributed by atoms with Gasteiger partial charge < -0.3 is 4.74 Å². The van der Waals surface area contributed by atoms with Crippen LogP contribution in [0.15, 0.2) is 54.0 Å². The molecule has 0 aliphatic carbocycles. The average Bonchev–Trinajstić information content (AvgIpc) is 3.07. The van der Waals surface area contributed by atoms with Gasteiger partial charge in [-0.15, -0.1) is 10.2 Å². The first-order chi connectivity index (χ1) is 11.2. The quantitative estimate of drug-likeness (QED) is 0.758. The molecule has 1 amide bonds. The van der Waals surface area contributed by atoms with Crippen LogP contribution in [-0.2, 0) is 6.61 Å². The summed E-state index contributed by atoms with van der Waals surface area (Å²) >= 11 is 7.12. The number of carbonyl (C=O) groups is 1. The number of aromatic nitrogens is 2. The van der Waals surface area contributed by atoms with Gasteiger partial charge in [0, 0.05) is 5.02 Å². The summed E-state index contributed by atoms with van der Waals surface area (Å²) in [6.07, 6.45) is 0. The first kappa shape index (κ1) is 15.5. The van der Waals surface area contributed by atoms with Gasteiger partial charge in [0.25, 0.3) is 5.91 Å². The Bertz CT molecular complexity index is 791. The number of para-hydroxylation sites is 1. The molecule has 0 spiro atoms. The Morgan fingerprint density at radius 2 is 1.96 bits per heavy atom. The van der Waals surface area contributed by atoms with E-state index in [0.29, 0.717) is 28.1 Å². The zero-order chi connectivity index (χ0) is 16.1. The lowest BCUT2D eigenvalue weighted by atomic mass is 10.2. The molecule has 0 saturated heterocycles. The molecule has 0 bridgehead atoms. The van der Waals surface area contributed by atoms with E-state index >= 15 is 0 Å². The van der Waals surface area contributed by atoms with Crippen LogP contribution < -0.4 is 10.1 Å². The van der Waals surface area contributed by atoms with Crippen LogP contribution in [0.25, 0.3) is 0 Å². The number of carbonyl (C=O) groups excluding carboxylic acids is 1. The molecule has 0 aliphatic rings. The molecule has 3 rings (SSSR count). The van der Waals surface area contributed by atoms with E-state index in [2.05, 4.69) is 15.5 Å². The van der Waals surface area contributed by atoms with Gasteiger partial charge in [0.2, 0.25) is 5.13 Å². The molecular formula is C16H12ClN3O2S. The maximum Gasteiger partial charge on any atom is 0.261 e. The monoisotopic (exact) mass is 345 g/mol. The molecule has 2 aromatic carbocycles. The van der Waals surface area contributed by atoms with Gasteiger partial charge in [-0.2, -0.15) is 0 Å². The minimum absolute atomic E-state index is 0.284. The van der Waals surface area contributed by atoms with Crippen molar-refractivity contribution in [3.05, 3.63) is 70.2 Å². The molecule has 0 radical (unpaired) electrons. The Morgan fingerprint density at radius 3 is 2.70 bits per heavy atom. The van der Waals surface area contributed by atoms with E-state index in [0.717, 1.165) is 5.56 Å². The number of rotatable bonds is 5. The summed E-state index contributed by atoms with van der Waals surface area (Å²) in [5.74, 6) is 0.220. The summed E-state index contributed by atoms with van der Waals surface area (Å²) in [4.78, 5) is 12.3. The zero-order valence-electron chi connectivity index (χ0n) is 11.9. The van der Waals surface area contributed by atoms with Crippen molar-refractivity contribution >= 4 is 34.0 Å². The highest BCUT2D eigenvalue weighted by atomic mass is 35.5. The number of anilines is 1. The second-order valence-electron chi connectivity index (χ2n) is 4.61. The normalized spacial score (nSPS) is 10.3. The van der Waals surface area contributed by atoms with E-state index in [9.17, 15) is 4.79 Å². The molecule has 5 nitrogen and oxygen atoms in total. The summed E-state index contributed by atoms with van der Waals surface area (Å²) in [6.45, 7) is 0.347. The van der Waals surface area contributed by atoms with Gasteiger partial charge in [-0.1, -0.05) is 47.2 Å². The molecule has 1 heterocycles. The van der Waals surface area contributed by atoms with Crippen molar-refractivity contribution in [3.8, 4) is 5.75 Å². The zero-order valence-corrected chi connectivity index (χ0v) is 13.5. The van der Waals surface area contributed by atoms with E-state index < -0.39 is 0 Å². The topological polar surface area (TPSA) is 64.1 Å². The Balaban J connectivity index is 1.72. The molecule has 0 saturated carbocycles. The fourth-order valence-corrected chi connectivity index (χ4v) is 2.48. The highest BCUT2D eigenvalue weighted by molar-refractivity contribution is 7.13. The number of halogens is 1. The molecule has 7 heteroatoms. The van der Waals surface area contributed by atoms with Crippen LogP contribution in [0.4, 0.5) is 5.13 Å². The number of amides is 1. The number of hydrogen-bond acceptors (Lipinski definition) is 5. The van der Waals surface area contributed by atoms with Gasteiger partial charge in [0.05, 0.1) is 5.56 Å². The molecule has 1 aromatic heterocycles. The predicted octanol–water partition coefficient (Wildman–Crippen LogP) is 4.02. The van der Waals surface area contributed by atoms with Crippen molar-refractivity contribution in [3.63, 3.8) is 0 Å². The third-order valence-corrected chi connectivity index (χ3v) is 3.88. The maximum atomic E-state index is 12.3. The van der Waals surface area contributed by atoms with Crippen LogP contribution in [-0.4, -0.2) is 16.1 Å². The van der Waals surface area contributed by atoms with E-state index in [-0.39, 0.29) is 5.91 Å². The predicted molar refractivity (Wildman–Crippen MR) is 90.1 cm³/mol. The van der Waals surface area contributed by atoms with Gasteiger partial charge in [-0.25, -0.2) is 0 Å². The van der Waals surface area contributed by atoms with Crippen LogP contribution in [0, 0.1) is 0 Å². The molecule has 23 heavy (non-hydrogen) atoms. The number of nitrogens with zero attached hydrogens (tertiary/aromatic N) is 2. The smallest absolute Gasteiger partial charge is 0.261 e. The maximum absolute atomic E-state index is 12.3. The fourth-order valence-electron chi connectivity index (χ4n) is 1.91. The van der Waals surface area contributed by atoms with Gasteiger partial charge in [0.15, 0.2) is 0 Å². The van der Waals surface area contributed by atoms with Crippen molar-refractivity contribution in [1.29, 1.82) is 0 Å². The minimum atomic E-state index is -0.284. The Labute approximate surface area is 141 Å². The van der Waals surface area contributed by atoms with Crippen molar-refractivity contribution in [1.82, 2.24) is 10.2 Å². The molecular weight excluding hydrogens is 334 g/mol. The minimum Gasteiger partial charge on any atom is -0.488 e. The summed E-state index contributed by atoms with van der Waals surface area (Å²) in [5, 5.41) is 11.3. The van der Waals surface area contributed by atoms with Crippen LogP contribution in [0.5, 0.6) is 5.75 Å². The lowest BCUT2D eigenvalue weighted by molar-refractivity contribution is 0.102. The van der Waals surface area contributed by atoms with Crippen molar-refractivity contribution < 1.29 is 9.53 Å². The lowest BCUT2D eigenvalue weighted by Crippen LogP contribution is -2.13. The summed E-state index contributed by atoms with van der Waals surface area (Å²) < 4.78 is 5.77. The number of benzene rings is 2. The Morgan fingerprint density at radius 1 is 1.17 bits per heavy atom. The third kappa shape index (κ3) is 4.06. The molecule has 1 N–H and O–H groups in total. The van der Waals surface area contributed by atoms with Gasteiger partial charge in [-0.05, 0) is 29.8 Å². The van der Waals surface area contributed by atoms with Crippen molar-refractivity contribution in [2.24, 2.45) is 0 Å². The summed E-state index contributed by atoms with van der Waals surface area (Å²) in [5.41, 5.74) is 2.96. The molecule has 116 valence electrons. The van der Waals surface area contributed by atoms with E-state index in [1.165, 1.54) is 11.3 Å². The molecule has 0 aliphatic heterocycles. The number of nitrogens with one attached hydrogen (secondary N) is 1. The van der Waals surface area contributed by atoms with E-state index in [4.69, 9.17) is 16.3 Å². The van der Waals surface area contributed by atoms with Crippen LogP contribution in [0.2, 0.25) is 5.02 Å². The van der Waals surface area contributed by atoms with Gasteiger partial charge in [0.1, 0.15) is 17.9 Å². The summed E-state index contributed by atoms with van der Waals surface area (Å²) in [6, 6.07) is 14.4. The average molecular weight is 346 g/mol. The highest BCUT2D eigenvalue weighted by Crippen LogP contribution is 2.21. The third-order valence-electron chi connectivity index (χ3n) is 3.02. The highest BCUT2D eigenvalue weighted by Gasteiger charge is 2.13. The molecule has 0 fully saturated rings. The van der Waals surface area contributed by atoms with Crippen molar-refractivity contribution in [2.45, 2.75) is 6.61 Å². The van der Waals surface area contributed by atoms with Crippen molar-refractivity contribution in [2.75, 3.05) is 5.32 Å². The first-order valence-corrected chi connectivity index (χ1v) is 8.02. The number of hydrogen-bond donors (Lipinski definition) is 1. The second kappa shape index (κ2) is 7.21. The second-order valence-corrected chi connectivity index (χ2v) is 5.88. The fraction of sp³-hybridized carbons (Fsp3) is 0.0625. The Hall–Kier alpha value is -2.44. The van der Waals surface area contributed by atoms with Gasteiger partial charge >= 0.3 is 0 Å². The van der Waals surface area contributed by atoms with Crippen LogP contribution >= 0.6 is 22.9 Å². The van der Waals surface area contributed by atoms with E-state index in [1.807, 2.05) is 18.2 Å².